The Labute approximate surface area is 86.4 Å². The molecule has 1 heterocycles. The van der Waals surface area contributed by atoms with Gasteiger partial charge in [-0.25, -0.2) is 4.98 Å². The summed E-state index contributed by atoms with van der Waals surface area (Å²) in [6, 6.07) is 0.218. The molecule has 0 unspecified atom stereocenters. The fraction of sp³-hybridized carbons (Fsp3) is 0.286. The number of nitrogens with two attached hydrogens (primary N) is 1. The van der Waals surface area contributed by atoms with Crippen molar-refractivity contribution in [2.24, 2.45) is 5.73 Å². The summed E-state index contributed by atoms with van der Waals surface area (Å²) in [5.74, 6) is 0.324. The molecule has 0 saturated heterocycles. The molecule has 0 spiro atoms. The molecule has 14 heavy (non-hydrogen) atoms. The molecule has 0 aromatic carbocycles. The Morgan fingerprint density at radius 1 is 1.50 bits per heavy atom. The first-order chi connectivity index (χ1) is 6.67. The van der Waals surface area contributed by atoms with Crippen molar-refractivity contribution in [2.75, 3.05) is 19.5 Å². The number of hydrogen-bond donors (Lipinski definition) is 2. The summed E-state index contributed by atoms with van der Waals surface area (Å²) in [5.41, 5.74) is 5.80. The monoisotopic (exact) mass is 214 g/mol. The fourth-order valence-electron chi connectivity index (χ4n) is 0.823. The van der Waals surface area contributed by atoms with Crippen molar-refractivity contribution in [2.45, 2.75) is 0 Å². The standard InChI is InChI=1S/C7H10N4O2S/c1-12-5-4(10-6(8)14)3-9-7(11-5)13-2/h3H,1-2H3,(H3,8,10,14). The highest BCUT2D eigenvalue weighted by Crippen LogP contribution is 2.21. The molecule has 0 radical (unpaired) electrons. The van der Waals surface area contributed by atoms with Crippen molar-refractivity contribution in [3.63, 3.8) is 0 Å². The summed E-state index contributed by atoms with van der Waals surface area (Å²) in [6.07, 6.45) is 1.48. The van der Waals surface area contributed by atoms with Crippen LogP contribution in [0.3, 0.4) is 0 Å². The van der Waals surface area contributed by atoms with Crippen LogP contribution in [0.5, 0.6) is 11.9 Å². The van der Waals surface area contributed by atoms with Gasteiger partial charge in [-0.3, -0.25) is 0 Å². The Hall–Kier alpha value is -1.63. The van der Waals surface area contributed by atoms with Crippen molar-refractivity contribution in [1.29, 1.82) is 0 Å². The van der Waals surface area contributed by atoms with E-state index < -0.39 is 0 Å². The molecule has 6 nitrogen and oxygen atoms in total. The van der Waals surface area contributed by atoms with Gasteiger partial charge < -0.3 is 20.5 Å². The van der Waals surface area contributed by atoms with Gasteiger partial charge in [0.25, 0.3) is 0 Å². The number of nitrogens with one attached hydrogen (secondary N) is 1. The highest BCUT2D eigenvalue weighted by Gasteiger charge is 2.07. The summed E-state index contributed by atoms with van der Waals surface area (Å²) in [7, 11) is 2.95. The maximum absolute atomic E-state index is 5.30. The number of thiocarbonyl (C=S) groups is 1. The molecule has 0 atom stereocenters. The second kappa shape index (κ2) is 4.56. The summed E-state index contributed by atoms with van der Waals surface area (Å²) in [4.78, 5) is 7.80. The van der Waals surface area contributed by atoms with Gasteiger partial charge in [0.15, 0.2) is 5.11 Å². The van der Waals surface area contributed by atoms with Crippen LogP contribution in [0, 0.1) is 0 Å². The van der Waals surface area contributed by atoms with Crippen LogP contribution < -0.4 is 20.5 Å². The lowest BCUT2D eigenvalue weighted by molar-refractivity contribution is 0.353. The molecule has 0 aliphatic heterocycles. The van der Waals surface area contributed by atoms with E-state index in [2.05, 4.69) is 27.5 Å². The average Bonchev–Trinajstić information content (AvgIpc) is 2.17. The Kier molecular flexibility index (Phi) is 3.41. The molecule has 0 fully saturated rings. The molecular formula is C7H10N4O2S. The highest BCUT2D eigenvalue weighted by molar-refractivity contribution is 7.80. The van der Waals surface area contributed by atoms with E-state index in [-0.39, 0.29) is 11.1 Å². The van der Waals surface area contributed by atoms with Crippen LogP contribution in [0.1, 0.15) is 0 Å². The van der Waals surface area contributed by atoms with Crippen LogP contribution in [-0.4, -0.2) is 29.3 Å². The molecule has 0 aliphatic rings. The first-order valence-corrected chi connectivity index (χ1v) is 4.09. The van der Waals surface area contributed by atoms with Crippen LogP contribution in [0.4, 0.5) is 5.69 Å². The van der Waals surface area contributed by atoms with Crippen LogP contribution in [0.25, 0.3) is 0 Å². The molecule has 1 rings (SSSR count). The first-order valence-electron chi connectivity index (χ1n) is 3.69. The van der Waals surface area contributed by atoms with Gasteiger partial charge in [0, 0.05) is 0 Å². The van der Waals surface area contributed by atoms with Gasteiger partial charge in [-0.15, -0.1) is 0 Å². The molecule has 0 bridgehead atoms. The lowest BCUT2D eigenvalue weighted by Gasteiger charge is -2.08. The number of aromatic nitrogens is 2. The molecule has 0 saturated carbocycles. The van der Waals surface area contributed by atoms with E-state index in [4.69, 9.17) is 15.2 Å². The van der Waals surface area contributed by atoms with Gasteiger partial charge in [0.05, 0.1) is 20.4 Å². The van der Waals surface area contributed by atoms with Gasteiger partial charge in [-0.1, -0.05) is 0 Å². The largest absolute Gasteiger partial charge is 0.479 e. The van der Waals surface area contributed by atoms with Crippen molar-refractivity contribution in [1.82, 2.24) is 9.97 Å². The maximum Gasteiger partial charge on any atom is 0.319 e. The minimum Gasteiger partial charge on any atom is -0.479 e. The van der Waals surface area contributed by atoms with Gasteiger partial charge in [-0.2, -0.15) is 4.98 Å². The smallest absolute Gasteiger partial charge is 0.319 e. The summed E-state index contributed by atoms with van der Waals surface area (Å²) in [6.45, 7) is 0. The van der Waals surface area contributed by atoms with E-state index in [0.29, 0.717) is 11.6 Å². The second-order valence-corrected chi connectivity index (χ2v) is 2.71. The van der Waals surface area contributed by atoms with Crippen molar-refractivity contribution in [3.05, 3.63) is 6.20 Å². The minimum atomic E-state index is 0.122. The zero-order valence-corrected chi connectivity index (χ0v) is 8.59. The van der Waals surface area contributed by atoms with Crippen LogP contribution in [0.15, 0.2) is 6.20 Å². The molecular weight excluding hydrogens is 204 g/mol. The van der Waals surface area contributed by atoms with Gasteiger partial charge in [-0.05, 0) is 12.2 Å². The van der Waals surface area contributed by atoms with Gasteiger partial charge >= 0.3 is 6.01 Å². The number of nitrogens with zero attached hydrogens (tertiary/aromatic N) is 2. The normalized spacial score (nSPS) is 9.29. The molecule has 3 N–H and O–H groups in total. The number of ether oxygens (including phenoxy) is 2. The second-order valence-electron chi connectivity index (χ2n) is 2.27. The van der Waals surface area contributed by atoms with Crippen molar-refractivity contribution < 1.29 is 9.47 Å². The van der Waals surface area contributed by atoms with E-state index in [9.17, 15) is 0 Å². The summed E-state index contributed by atoms with van der Waals surface area (Å²) in [5, 5.41) is 2.80. The molecule has 0 aliphatic carbocycles. The third-order valence-electron chi connectivity index (χ3n) is 1.37. The van der Waals surface area contributed by atoms with Gasteiger partial charge in [0.2, 0.25) is 5.88 Å². The minimum absolute atomic E-state index is 0.122. The highest BCUT2D eigenvalue weighted by atomic mass is 32.1. The third kappa shape index (κ3) is 2.43. The van der Waals surface area contributed by atoms with E-state index in [1.165, 1.54) is 20.4 Å². The Bertz CT molecular complexity index is 344. The molecule has 1 aromatic heterocycles. The number of hydrogen-bond acceptors (Lipinski definition) is 5. The number of anilines is 1. The van der Waals surface area contributed by atoms with Crippen LogP contribution in [0.2, 0.25) is 0 Å². The Morgan fingerprint density at radius 3 is 2.71 bits per heavy atom. The number of rotatable bonds is 3. The number of methoxy groups -OCH3 is 2. The zero-order valence-electron chi connectivity index (χ0n) is 7.77. The fourth-order valence-corrected chi connectivity index (χ4v) is 0.933. The SMILES string of the molecule is COc1ncc(NC(N)=S)c(OC)n1. The van der Waals surface area contributed by atoms with Crippen LogP contribution in [-0.2, 0) is 0 Å². The predicted octanol–water partition coefficient (Wildman–Crippen LogP) is 0.149. The van der Waals surface area contributed by atoms with Crippen LogP contribution >= 0.6 is 12.2 Å². The summed E-state index contributed by atoms with van der Waals surface area (Å²) < 4.78 is 9.80. The summed E-state index contributed by atoms with van der Waals surface area (Å²) >= 11 is 4.67. The Morgan fingerprint density at radius 2 is 2.21 bits per heavy atom. The molecule has 0 amide bonds. The first kappa shape index (κ1) is 10.5. The quantitative estimate of drug-likeness (QED) is 0.693. The zero-order chi connectivity index (χ0) is 10.6. The van der Waals surface area contributed by atoms with E-state index in [1.54, 1.807) is 0 Å². The van der Waals surface area contributed by atoms with Crippen molar-refractivity contribution in [3.8, 4) is 11.9 Å². The third-order valence-corrected chi connectivity index (χ3v) is 1.47. The lowest BCUT2D eigenvalue weighted by atomic mass is 10.5. The average molecular weight is 214 g/mol. The van der Waals surface area contributed by atoms with Gasteiger partial charge in [0.1, 0.15) is 5.69 Å². The Balaban J connectivity index is 2.98. The molecule has 76 valence electrons. The van der Waals surface area contributed by atoms with Crippen molar-refractivity contribution >= 4 is 23.0 Å². The van der Waals surface area contributed by atoms with E-state index in [1.807, 2.05) is 0 Å². The van der Waals surface area contributed by atoms with E-state index >= 15 is 0 Å². The maximum atomic E-state index is 5.30. The lowest BCUT2D eigenvalue weighted by Crippen LogP contribution is -2.19. The molecule has 7 heteroatoms. The molecule has 1 aromatic rings. The predicted molar refractivity (Wildman–Crippen MR) is 55.5 cm³/mol. The van der Waals surface area contributed by atoms with E-state index in [0.717, 1.165) is 0 Å². The topological polar surface area (TPSA) is 82.3 Å².